The van der Waals surface area contributed by atoms with Crippen molar-refractivity contribution in [2.75, 3.05) is 65.4 Å². The first-order valence-corrected chi connectivity index (χ1v) is 29.4. The first-order valence-electron chi connectivity index (χ1n) is 29.4. The Morgan fingerprint density at radius 2 is 0.803 bits per heavy atom. The molecule has 2 unspecified atom stereocenters. The molecule has 3 saturated heterocycles. The fourth-order valence-corrected chi connectivity index (χ4v) is 10.2. The summed E-state index contributed by atoms with van der Waals surface area (Å²) in [5, 5.41) is 0. The van der Waals surface area contributed by atoms with E-state index in [2.05, 4.69) is 226 Å². The van der Waals surface area contributed by atoms with Crippen molar-refractivity contribution in [1.29, 1.82) is 0 Å². The van der Waals surface area contributed by atoms with Gasteiger partial charge in [-0.3, -0.25) is 9.80 Å². The standard InChI is InChI=1S/C11H23N.C11H21N.C11H23N.C10H21N.C10H19N.C10H17N.2CH4/c2*1-9(2)11-5-7-12(8-6-11)10(3)4;1-9(2)11-6-5-7-12(8-11)10(3)4;3*1-8(2)10-5-6-11(7-10)9(3)4;;/h9-11H,5-8H2,1-4H3;5,9-10H,6-8H2,1-4H3;9-11H,5-8H2,1-4H3;8-10H,5-7H2,1-4H3;5,8-9H,6-7H2,1-4H3;5-9H,1-4H3;2*1H4. The maximum Gasteiger partial charge on any atom is 0.0274 e. The molecule has 0 bridgehead atoms. The van der Waals surface area contributed by atoms with E-state index in [1.165, 1.54) is 96.4 Å². The second kappa shape index (κ2) is 37.3. The highest BCUT2D eigenvalue weighted by Crippen LogP contribution is 2.27. The normalized spacial score (nSPS) is 20.9. The van der Waals surface area contributed by atoms with E-state index >= 15 is 0 Å². The van der Waals surface area contributed by atoms with Crippen LogP contribution in [0.1, 0.15) is 237 Å². The van der Waals surface area contributed by atoms with E-state index in [0.717, 1.165) is 78.6 Å². The summed E-state index contributed by atoms with van der Waals surface area (Å²) in [7, 11) is 0. The molecule has 0 spiro atoms. The molecule has 5 aliphatic rings. The highest BCUT2D eigenvalue weighted by Gasteiger charge is 2.27. The molecule has 71 heavy (non-hydrogen) atoms. The van der Waals surface area contributed by atoms with Gasteiger partial charge >= 0.3 is 0 Å². The van der Waals surface area contributed by atoms with Crippen LogP contribution in [0.25, 0.3) is 0 Å². The van der Waals surface area contributed by atoms with Gasteiger partial charge in [0.15, 0.2) is 0 Å². The first-order chi connectivity index (χ1) is 32.2. The number of hydrogen-bond acceptors (Lipinski definition) is 5. The van der Waals surface area contributed by atoms with Gasteiger partial charge in [-0.05, 0) is 213 Å². The second-order valence-electron chi connectivity index (χ2n) is 25.7. The van der Waals surface area contributed by atoms with Crippen LogP contribution in [0.3, 0.4) is 0 Å². The van der Waals surface area contributed by atoms with E-state index in [0.29, 0.717) is 24.0 Å². The van der Waals surface area contributed by atoms with Crippen LogP contribution in [-0.4, -0.2) is 125 Å². The molecule has 6 heterocycles. The zero-order valence-electron chi connectivity index (χ0n) is 51.0. The lowest BCUT2D eigenvalue weighted by atomic mass is 9.86. The quantitative estimate of drug-likeness (QED) is 0.194. The van der Waals surface area contributed by atoms with Gasteiger partial charge < -0.3 is 19.3 Å². The minimum Gasteiger partial charge on any atom is -0.352 e. The minimum atomic E-state index is 0. The van der Waals surface area contributed by atoms with Crippen LogP contribution in [0.15, 0.2) is 41.8 Å². The van der Waals surface area contributed by atoms with Gasteiger partial charge in [0.1, 0.15) is 0 Å². The number of hydrogen-bond donors (Lipinski definition) is 0. The van der Waals surface area contributed by atoms with Gasteiger partial charge in [-0.15, -0.1) is 0 Å². The molecule has 0 aliphatic carbocycles. The number of nitrogens with zero attached hydrogens (tertiary/aromatic N) is 6. The smallest absolute Gasteiger partial charge is 0.0274 e. The predicted octanol–water partition coefficient (Wildman–Crippen LogP) is 17.3. The summed E-state index contributed by atoms with van der Waals surface area (Å²) in [6.45, 7) is 67.6. The Hall–Kier alpha value is -1.44. The number of likely N-dealkylation sites (tertiary alicyclic amines) is 3. The Morgan fingerprint density at radius 3 is 1.11 bits per heavy atom. The number of aromatic nitrogens is 1. The molecular weight excluding hydrogens is 865 g/mol. The molecule has 6 rings (SSSR count). The third-order valence-electron chi connectivity index (χ3n) is 16.5. The zero-order chi connectivity index (χ0) is 52.7. The molecule has 2 atom stereocenters. The van der Waals surface area contributed by atoms with Crippen molar-refractivity contribution in [1.82, 2.24) is 29.1 Å². The van der Waals surface area contributed by atoms with E-state index in [-0.39, 0.29) is 14.9 Å². The van der Waals surface area contributed by atoms with Gasteiger partial charge in [0.05, 0.1) is 0 Å². The van der Waals surface area contributed by atoms with Gasteiger partial charge in [-0.1, -0.05) is 121 Å². The predicted molar refractivity (Wildman–Crippen MR) is 324 cm³/mol. The maximum atomic E-state index is 2.62. The summed E-state index contributed by atoms with van der Waals surface area (Å²) >= 11 is 0. The summed E-state index contributed by atoms with van der Waals surface area (Å²) in [6.07, 6.45) is 17.5. The lowest BCUT2D eigenvalue weighted by Gasteiger charge is -2.37. The monoisotopic (exact) mass is 997 g/mol. The highest BCUT2D eigenvalue weighted by atomic mass is 15.2. The Bertz CT molecular complexity index is 1410. The molecule has 0 N–H and O–H groups in total. The fraction of sp³-hybridized carbons (Fsp3) is 0.877. The lowest BCUT2D eigenvalue weighted by Crippen LogP contribution is -2.41. The van der Waals surface area contributed by atoms with E-state index in [1.54, 1.807) is 11.1 Å². The summed E-state index contributed by atoms with van der Waals surface area (Å²) in [5.74, 6) is 7.65. The Balaban J connectivity index is 0. The lowest BCUT2D eigenvalue weighted by molar-refractivity contribution is 0.117. The molecule has 1 aromatic rings. The largest absolute Gasteiger partial charge is 0.352 e. The SMILES string of the molecule is C.C.CC(C)C1=CCN(C(C)C)C1.CC(C)C1=CCN(C(C)C)CC1.CC(C)C1CCCN(C(C)C)C1.CC(C)C1CCN(C(C)C)C1.CC(C)C1CCN(C(C)C)CC1.CC(C)c1ccn(C(C)C)c1. The molecule has 3 fully saturated rings. The summed E-state index contributed by atoms with van der Waals surface area (Å²) in [6, 6.07) is 6.42. The Morgan fingerprint density at radius 1 is 0.394 bits per heavy atom. The third-order valence-corrected chi connectivity index (χ3v) is 16.5. The van der Waals surface area contributed by atoms with Crippen LogP contribution < -0.4 is 0 Å². The molecular formula is C65H132N6. The van der Waals surface area contributed by atoms with E-state index in [4.69, 9.17) is 0 Å². The van der Waals surface area contributed by atoms with E-state index < -0.39 is 0 Å². The van der Waals surface area contributed by atoms with Crippen molar-refractivity contribution < 1.29 is 0 Å². The van der Waals surface area contributed by atoms with Gasteiger partial charge in [-0.2, -0.15) is 0 Å². The molecule has 6 nitrogen and oxygen atoms in total. The van der Waals surface area contributed by atoms with Crippen LogP contribution in [0.5, 0.6) is 0 Å². The van der Waals surface area contributed by atoms with Crippen molar-refractivity contribution in [2.24, 2.45) is 47.3 Å². The van der Waals surface area contributed by atoms with Crippen molar-refractivity contribution in [3.8, 4) is 0 Å². The molecule has 422 valence electrons. The topological polar surface area (TPSA) is 21.1 Å². The molecule has 5 aliphatic heterocycles. The Kier molecular flexibility index (Phi) is 37.7. The maximum absolute atomic E-state index is 2.62. The highest BCUT2D eigenvalue weighted by molar-refractivity contribution is 5.15. The molecule has 0 radical (unpaired) electrons. The number of rotatable bonds is 12. The van der Waals surface area contributed by atoms with Crippen molar-refractivity contribution in [3.05, 3.63) is 47.3 Å². The first kappa shape index (κ1) is 71.6. The van der Waals surface area contributed by atoms with Crippen molar-refractivity contribution >= 4 is 0 Å². The van der Waals surface area contributed by atoms with Gasteiger partial charge in [0, 0.05) is 87.9 Å². The molecule has 0 aromatic carbocycles. The summed E-state index contributed by atoms with van der Waals surface area (Å²) in [4.78, 5) is 12.8. The van der Waals surface area contributed by atoms with E-state index in [1.807, 2.05) is 0 Å². The van der Waals surface area contributed by atoms with Crippen molar-refractivity contribution in [2.45, 2.75) is 262 Å². The van der Waals surface area contributed by atoms with Gasteiger partial charge in [0.25, 0.3) is 0 Å². The number of piperidine rings is 2. The Labute approximate surface area is 449 Å². The van der Waals surface area contributed by atoms with Crippen LogP contribution in [0, 0.1) is 47.3 Å². The molecule has 1 aromatic heterocycles. The van der Waals surface area contributed by atoms with Crippen LogP contribution in [0.4, 0.5) is 0 Å². The van der Waals surface area contributed by atoms with Crippen LogP contribution in [0.2, 0.25) is 0 Å². The fourth-order valence-electron chi connectivity index (χ4n) is 10.2. The summed E-state index contributed by atoms with van der Waals surface area (Å²) < 4.78 is 2.25. The molecule has 0 saturated carbocycles. The second-order valence-corrected chi connectivity index (χ2v) is 25.7. The average molecular weight is 998 g/mol. The minimum absolute atomic E-state index is 0. The van der Waals surface area contributed by atoms with Crippen molar-refractivity contribution in [3.63, 3.8) is 0 Å². The average Bonchev–Trinajstić information content (AvgIpc) is 4.11. The molecule has 6 heteroatoms. The van der Waals surface area contributed by atoms with Gasteiger partial charge in [-0.25, -0.2) is 0 Å². The summed E-state index contributed by atoms with van der Waals surface area (Å²) in [5.41, 5.74) is 4.68. The van der Waals surface area contributed by atoms with Crippen LogP contribution >= 0.6 is 0 Å². The molecule has 0 amide bonds. The third kappa shape index (κ3) is 28.3. The zero-order valence-corrected chi connectivity index (χ0v) is 51.0. The van der Waals surface area contributed by atoms with E-state index in [9.17, 15) is 0 Å². The van der Waals surface area contributed by atoms with Crippen LogP contribution in [-0.2, 0) is 0 Å². The van der Waals surface area contributed by atoms with Gasteiger partial charge in [0.2, 0.25) is 0 Å².